The molecular weight excluding hydrogens is 232 g/mol. The molecule has 19 heavy (non-hydrogen) atoms. The summed E-state index contributed by atoms with van der Waals surface area (Å²) in [6.45, 7) is 5.27. The minimum atomic E-state index is 0.388. The van der Waals surface area contributed by atoms with Crippen LogP contribution in [0.5, 0.6) is 0 Å². The maximum Gasteiger partial charge on any atom is 0.0338 e. The fraction of sp³-hybridized carbons (Fsp3) is 0.353. The van der Waals surface area contributed by atoms with Crippen molar-refractivity contribution in [1.29, 1.82) is 0 Å². The maximum absolute atomic E-state index is 4.22. The predicted octanol–water partition coefficient (Wildman–Crippen LogP) is 3.67. The van der Waals surface area contributed by atoms with Crippen LogP contribution in [0.2, 0.25) is 0 Å². The van der Waals surface area contributed by atoms with Crippen LogP contribution in [0.4, 0.5) is 0 Å². The molecule has 1 atom stereocenters. The van der Waals surface area contributed by atoms with Crippen LogP contribution in [0, 0.1) is 6.92 Å². The molecule has 2 heteroatoms. The summed E-state index contributed by atoms with van der Waals surface area (Å²) in [4.78, 5) is 4.22. The Morgan fingerprint density at radius 2 is 2.11 bits per heavy atom. The minimum absolute atomic E-state index is 0.388. The molecule has 1 unspecified atom stereocenters. The van der Waals surface area contributed by atoms with Gasteiger partial charge in [0.25, 0.3) is 0 Å². The lowest BCUT2D eigenvalue weighted by molar-refractivity contribution is 0.514. The summed E-state index contributed by atoms with van der Waals surface area (Å²) in [5.41, 5.74) is 4.02. The van der Waals surface area contributed by atoms with E-state index in [1.54, 1.807) is 0 Å². The van der Waals surface area contributed by atoms with E-state index < -0.39 is 0 Å². The van der Waals surface area contributed by atoms with E-state index in [-0.39, 0.29) is 0 Å². The third-order valence-corrected chi connectivity index (χ3v) is 3.34. The van der Waals surface area contributed by atoms with E-state index in [1.807, 2.05) is 18.5 Å². The monoisotopic (exact) mass is 254 g/mol. The number of nitrogens with one attached hydrogen (secondary N) is 1. The molecule has 0 saturated heterocycles. The van der Waals surface area contributed by atoms with Gasteiger partial charge in [0.2, 0.25) is 0 Å². The molecule has 100 valence electrons. The highest BCUT2D eigenvalue weighted by atomic mass is 14.9. The van der Waals surface area contributed by atoms with Crippen LogP contribution in [0.25, 0.3) is 0 Å². The van der Waals surface area contributed by atoms with Gasteiger partial charge in [-0.3, -0.25) is 4.98 Å². The average Bonchev–Trinajstić information content (AvgIpc) is 2.44. The first-order valence-corrected chi connectivity index (χ1v) is 6.98. The van der Waals surface area contributed by atoms with Crippen LogP contribution in [0.1, 0.15) is 36.1 Å². The lowest BCUT2D eigenvalue weighted by Gasteiger charge is -2.18. The Hall–Kier alpha value is -1.67. The number of aryl methyl sites for hydroxylation is 2. The Morgan fingerprint density at radius 3 is 2.79 bits per heavy atom. The molecular formula is C17H22N2. The summed E-state index contributed by atoms with van der Waals surface area (Å²) >= 11 is 0. The van der Waals surface area contributed by atoms with Gasteiger partial charge in [-0.25, -0.2) is 0 Å². The molecule has 2 nitrogen and oxygen atoms in total. The van der Waals surface area contributed by atoms with Crippen LogP contribution >= 0.6 is 0 Å². The van der Waals surface area contributed by atoms with Crippen LogP contribution < -0.4 is 5.32 Å². The van der Waals surface area contributed by atoms with E-state index in [2.05, 4.69) is 54.5 Å². The van der Waals surface area contributed by atoms with Crippen molar-refractivity contribution in [3.63, 3.8) is 0 Å². The molecule has 2 aromatic rings. The average molecular weight is 254 g/mol. The second kappa shape index (κ2) is 7.05. The molecule has 0 aliphatic rings. The molecule has 1 aromatic heterocycles. The molecule has 0 spiro atoms. The van der Waals surface area contributed by atoms with Gasteiger partial charge in [0.15, 0.2) is 0 Å². The van der Waals surface area contributed by atoms with Crippen molar-refractivity contribution in [3.05, 3.63) is 65.5 Å². The standard InChI is InChI=1S/C17H22N2/c1-3-19-17(16-8-5-11-18-13-16)10-9-15-7-4-6-14(2)12-15/h4-8,11-13,17,19H,3,9-10H2,1-2H3. The molecule has 0 radical (unpaired) electrons. The van der Waals surface area contributed by atoms with Gasteiger partial charge in [-0.1, -0.05) is 42.8 Å². The van der Waals surface area contributed by atoms with Crippen molar-refractivity contribution in [3.8, 4) is 0 Å². The number of hydrogen-bond acceptors (Lipinski definition) is 2. The van der Waals surface area contributed by atoms with Crippen LogP contribution in [-0.4, -0.2) is 11.5 Å². The number of nitrogens with zero attached hydrogens (tertiary/aromatic N) is 1. The Labute approximate surface area is 115 Å². The first-order valence-electron chi connectivity index (χ1n) is 6.98. The van der Waals surface area contributed by atoms with Crippen molar-refractivity contribution < 1.29 is 0 Å². The highest BCUT2D eigenvalue weighted by Gasteiger charge is 2.10. The molecule has 0 amide bonds. The molecule has 0 aliphatic heterocycles. The molecule has 0 bridgehead atoms. The van der Waals surface area contributed by atoms with E-state index in [0.29, 0.717) is 6.04 Å². The Morgan fingerprint density at radius 1 is 1.21 bits per heavy atom. The van der Waals surface area contributed by atoms with E-state index >= 15 is 0 Å². The van der Waals surface area contributed by atoms with Gasteiger partial charge < -0.3 is 5.32 Å². The smallest absolute Gasteiger partial charge is 0.0338 e. The van der Waals surface area contributed by atoms with Gasteiger partial charge in [-0.2, -0.15) is 0 Å². The van der Waals surface area contributed by atoms with Crippen molar-refractivity contribution in [2.45, 2.75) is 32.7 Å². The Bertz CT molecular complexity index is 494. The molecule has 1 aromatic carbocycles. The van der Waals surface area contributed by atoms with Gasteiger partial charge in [-0.05, 0) is 43.5 Å². The van der Waals surface area contributed by atoms with Gasteiger partial charge in [0.1, 0.15) is 0 Å². The van der Waals surface area contributed by atoms with Gasteiger partial charge in [-0.15, -0.1) is 0 Å². The summed E-state index contributed by atoms with van der Waals surface area (Å²) < 4.78 is 0. The van der Waals surface area contributed by atoms with Crippen molar-refractivity contribution >= 4 is 0 Å². The Kier molecular flexibility index (Phi) is 5.10. The van der Waals surface area contributed by atoms with Crippen LogP contribution in [-0.2, 0) is 6.42 Å². The zero-order valence-corrected chi connectivity index (χ0v) is 11.8. The van der Waals surface area contributed by atoms with E-state index in [9.17, 15) is 0 Å². The number of aromatic nitrogens is 1. The number of hydrogen-bond donors (Lipinski definition) is 1. The number of benzene rings is 1. The fourth-order valence-electron chi connectivity index (χ4n) is 2.39. The van der Waals surface area contributed by atoms with Gasteiger partial charge >= 0.3 is 0 Å². The summed E-state index contributed by atoms with van der Waals surface area (Å²) in [6.07, 6.45) is 5.98. The lowest BCUT2D eigenvalue weighted by atomic mass is 9.99. The quantitative estimate of drug-likeness (QED) is 0.850. The summed E-state index contributed by atoms with van der Waals surface area (Å²) in [6, 6.07) is 13.3. The second-order valence-corrected chi connectivity index (χ2v) is 4.92. The minimum Gasteiger partial charge on any atom is -0.310 e. The normalized spacial score (nSPS) is 12.3. The van der Waals surface area contributed by atoms with E-state index in [0.717, 1.165) is 19.4 Å². The predicted molar refractivity (Wildman–Crippen MR) is 80.2 cm³/mol. The Balaban J connectivity index is 2.01. The SMILES string of the molecule is CCNC(CCc1cccc(C)c1)c1cccnc1. The first-order chi connectivity index (χ1) is 9.29. The zero-order valence-electron chi connectivity index (χ0n) is 11.8. The topological polar surface area (TPSA) is 24.9 Å². The molecule has 1 heterocycles. The van der Waals surface area contributed by atoms with E-state index in [1.165, 1.54) is 16.7 Å². The first kappa shape index (κ1) is 13.8. The zero-order chi connectivity index (χ0) is 13.5. The third kappa shape index (κ3) is 4.18. The van der Waals surface area contributed by atoms with Gasteiger partial charge in [0, 0.05) is 18.4 Å². The van der Waals surface area contributed by atoms with E-state index in [4.69, 9.17) is 0 Å². The third-order valence-electron chi connectivity index (χ3n) is 3.34. The molecule has 1 N–H and O–H groups in total. The second-order valence-electron chi connectivity index (χ2n) is 4.92. The number of rotatable bonds is 6. The van der Waals surface area contributed by atoms with Crippen molar-refractivity contribution in [1.82, 2.24) is 10.3 Å². The molecule has 2 rings (SSSR count). The molecule has 0 aliphatic carbocycles. The van der Waals surface area contributed by atoms with Crippen molar-refractivity contribution in [2.75, 3.05) is 6.54 Å². The van der Waals surface area contributed by atoms with Crippen molar-refractivity contribution in [2.24, 2.45) is 0 Å². The lowest BCUT2D eigenvalue weighted by Crippen LogP contribution is -2.21. The summed E-state index contributed by atoms with van der Waals surface area (Å²) in [7, 11) is 0. The highest BCUT2D eigenvalue weighted by Crippen LogP contribution is 2.18. The van der Waals surface area contributed by atoms with Crippen LogP contribution in [0.15, 0.2) is 48.8 Å². The van der Waals surface area contributed by atoms with Gasteiger partial charge in [0.05, 0.1) is 0 Å². The van der Waals surface area contributed by atoms with Crippen LogP contribution in [0.3, 0.4) is 0 Å². The molecule has 0 saturated carbocycles. The molecule has 0 fully saturated rings. The maximum atomic E-state index is 4.22. The summed E-state index contributed by atoms with van der Waals surface area (Å²) in [5.74, 6) is 0. The number of pyridine rings is 1. The highest BCUT2D eigenvalue weighted by molar-refractivity contribution is 5.23. The largest absolute Gasteiger partial charge is 0.310 e. The summed E-state index contributed by atoms with van der Waals surface area (Å²) in [5, 5.41) is 3.54. The fourth-order valence-corrected chi connectivity index (χ4v) is 2.39.